The van der Waals surface area contributed by atoms with E-state index in [2.05, 4.69) is 4.98 Å². The van der Waals surface area contributed by atoms with Gasteiger partial charge in [-0.3, -0.25) is 0 Å². The van der Waals surface area contributed by atoms with Crippen LogP contribution in [-0.4, -0.2) is 33.4 Å². The molecule has 7 heteroatoms. The predicted molar refractivity (Wildman–Crippen MR) is 130 cm³/mol. The Morgan fingerprint density at radius 3 is 2.46 bits per heavy atom. The van der Waals surface area contributed by atoms with Crippen LogP contribution in [-0.2, 0) is 17.8 Å². The maximum Gasteiger partial charge on any atom is 0.331 e. The summed E-state index contributed by atoms with van der Waals surface area (Å²) in [4.78, 5) is 15.5. The summed E-state index contributed by atoms with van der Waals surface area (Å²) in [6.45, 7) is 1.43. The number of carboxylic acid groups (broad SMARTS) is 1. The second kappa shape index (κ2) is 10.4. The molecule has 1 aliphatic rings. The largest absolute Gasteiger partial charge is 0.481 e. The highest BCUT2D eigenvalue weighted by molar-refractivity contribution is 5.96. The van der Waals surface area contributed by atoms with E-state index < -0.39 is 17.9 Å². The summed E-state index contributed by atoms with van der Waals surface area (Å²) in [5.74, 6) is -0.883. The third-order valence-corrected chi connectivity index (χ3v) is 6.46. The van der Waals surface area contributed by atoms with Crippen LogP contribution in [0.15, 0.2) is 60.3 Å². The molecule has 1 unspecified atom stereocenters. The summed E-state index contributed by atoms with van der Waals surface area (Å²) in [6.07, 6.45) is 2.39. The van der Waals surface area contributed by atoms with E-state index in [1.165, 1.54) is 13.2 Å². The van der Waals surface area contributed by atoms with Crippen molar-refractivity contribution < 1.29 is 29.2 Å². The first-order chi connectivity index (χ1) is 16.8. The Balaban J connectivity index is 1.60. The van der Waals surface area contributed by atoms with Crippen LogP contribution in [0.1, 0.15) is 48.1 Å². The van der Waals surface area contributed by atoms with Crippen LogP contribution >= 0.6 is 0 Å². The second-order valence-corrected chi connectivity index (χ2v) is 8.81. The zero-order valence-corrected chi connectivity index (χ0v) is 19.7. The SMILES string of the molecule is COc1cc(-c2ccc(C(O)Cc3cc(C(=C(C)C(=O)O)C4CC4)ccc3CO)cc2)c(F)cn1. The molecule has 0 radical (unpaired) electrons. The van der Waals surface area contributed by atoms with Crippen molar-refractivity contribution in [1.82, 2.24) is 4.98 Å². The van der Waals surface area contributed by atoms with Crippen LogP contribution in [0.4, 0.5) is 4.39 Å². The lowest BCUT2D eigenvalue weighted by Gasteiger charge is -2.17. The van der Waals surface area contributed by atoms with Crippen LogP contribution in [0.3, 0.4) is 0 Å². The van der Waals surface area contributed by atoms with E-state index in [9.17, 15) is 24.5 Å². The molecule has 1 saturated carbocycles. The van der Waals surface area contributed by atoms with E-state index in [-0.39, 0.29) is 18.9 Å². The van der Waals surface area contributed by atoms with Gasteiger partial charge in [-0.15, -0.1) is 0 Å². The molecule has 0 saturated heterocycles. The third-order valence-electron chi connectivity index (χ3n) is 6.46. The van der Waals surface area contributed by atoms with Gasteiger partial charge in [0.2, 0.25) is 5.88 Å². The van der Waals surface area contributed by atoms with Gasteiger partial charge in [-0.25, -0.2) is 14.2 Å². The fourth-order valence-corrected chi connectivity index (χ4v) is 4.35. The van der Waals surface area contributed by atoms with E-state index >= 15 is 0 Å². The van der Waals surface area contributed by atoms with E-state index in [1.807, 2.05) is 12.1 Å². The number of aliphatic hydroxyl groups excluding tert-OH is 2. The first kappa shape index (κ1) is 24.6. The molecule has 0 bridgehead atoms. The zero-order chi connectivity index (χ0) is 25.1. The van der Waals surface area contributed by atoms with Crippen molar-refractivity contribution in [3.63, 3.8) is 0 Å². The molecule has 0 spiro atoms. The molecule has 1 aromatic heterocycles. The monoisotopic (exact) mass is 477 g/mol. The van der Waals surface area contributed by atoms with Gasteiger partial charge in [-0.05, 0) is 59.1 Å². The number of nitrogens with zero attached hydrogens (tertiary/aromatic N) is 1. The van der Waals surface area contributed by atoms with Crippen molar-refractivity contribution in [3.05, 3.63) is 88.4 Å². The zero-order valence-electron chi connectivity index (χ0n) is 19.7. The van der Waals surface area contributed by atoms with Gasteiger partial charge >= 0.3 is 5.97 Å². The maximum atomic E-state index is 14.3. The average molecular weight is 478 g/mol. The van der Waals surface area contributed by atoms with Crippen molar-refractivity contribution in [2.45, 2.75) is 38.9 Å². The van der Waals surface area contributed by atoms with Crippen molar-refractivity contribution in [3.8, 4) is 17.0 Å². The predicted octanol–water partition coefficient (Wildman–Crippen LogP) is 4.93. The van der Waals surface area contributed by atoms with E-state index in [1.54, 1.807) is 37.3 Å². The van der Waals surface area contributed by atoms with Gasteiger partial charge < -0.3 is 20.1 Å². The Morgan fingerprint density at radius 1 is 1.14 bits per heavy atom. The van der Waals surface area contributed by atoms with Crippen LogP contribution in [0.5, 0.6) is 5.88 Å². The summed E-state index contributed by atoms with van der Waals surface area (Å²) in [5.41, 5.74) is 5.00. The van der Waals surface area contributed by atoms with Crippen molar-refractivity contribution >= 4 is 11.5 Å². The quantitative estimate of drug-likeness (QED) is 0.378. The highest BCUT2D eigenvalue weighted by Crippen LogP contribution is 2.44. The molecule has 1 aliphatic carbocycles. The average Bonchev–Trinajstić information content (AvgIpc) is 3.70. The minimum atomic E-state index is -0.942. The molecule has 3 aromatic rings. The van der Waals surface area contributed by atoms with Gasteiger partial charge in [-0.2, -0.15) is 0 Å². The van der Waals surface area contributed by atoms with Crippen molar-refractivity contribution in [2.24, 2.45) is 5.92 Å². The van der Waals surface area contributed by atoms with E-state index in [4.69, 9.17) is 4.74 Å². The fourth-order valence-electron chi connectivity index (χ4n) is 4.35. The summed E-state index contributed by atoms with van der Waals surface area (Å²) >= 11 is 0. The molecule has 0 aliphatic heterocycles. The van der Waals surface area contributed by atoms with Crippen LogP contribution < -0.4 is 4.74 Å². The van der Waals surface area contributed by atoms with Crippen molar-refractivity contribution in [1.29, 1.82) is 0 Å². The number of ether oxygens (including phenoxy) is 1. The minimum Gasteiger partial charge on any atom is -0.481 e. The number of methoxy groups -OCH3 is 1. The topological polar surface area (TPSA) is 99.9 Å². The Labute approximate surface area is 203 Å². The molecular weight excluding hydrogens is 449 g/mol. The lowest BCUT2D eigenvalue weighted by atomic mass is 9.90. The molecular formula is C28H28FNO5. The number of aliphatic carboxylic acids is 1. The van der Waals surface area contributed by atoms with Gasteiger partial charge in [0.25, 0.3) is 0 Å². The van der Waals surface area contributed by atoms with E-state index in [0.717, 1.165) is 35.7 Å². The number of rotatable bonds is 9. The Kier molecular flexibility index (Phi) is 7.28. The highest BCUT2D eigenvalue weighted by atomic mass is 19.1. The van der Waals surface area contributed by atoms with E-state index in [0.29, 0.717) is 33.7 Å². The van der Waals surface area contributed by atoms with Crippen LogP contribution in [0.2, 0.25) is 0 Å². The van der Waals surface area contributed by atoms with Gasteiger partial charge in [-0.1, -0.05) is 42.5 Å². The Hall–Kier alpha value is -3.55. The summed E-state index contributed by atoms with van der Waals surface area (Å²) < 4.78 is 19.3. The Morgan fingerprint density at radius 2 is 1.86 bits per heavy atom. The summed E-state index contributed by atoms with van der Waals surface area (Å²) in [5, 5.41) is 30.3. The Bertz CT molecular complexity index is 1260. The number of carboxylic acids is 1. The summed E-state index contributed by atoms with van der Waals surface area (Å²) in [7, 11) is 1.46. The maximum absolute atomic E-state index is 14.3. The number of benzene rings is 2. The standard InChI is InChI=1S/C28H28FNO5/c1-16(28(33)34)27(19-7-8-19)20-9-10-21(15-31)22(11-20)12-25(32)18-5-3-17(4-6-18)23-13-26(35-2)30-14-24(23)29/h3-6,9-11,13-14,19,25,31-32H,7-8,12,15H2,1-2H3,(H,33,34). The number of allylic oxidation sites excluding steroid dienone is 1. The van der Waals surface area contributed by atoms with Gasteiger partial charge in [0.1, 0.15) is 5.82 Å². The number of hydrogen-bond donors (Lipinski definition) is 3. The number of aliphatic hydroxyl groups is 2. The third kappa shape index (κ3) is 5.42. The second-order valence-electron chi connectivity index (χ2n) is 8.81. The first-order valence-corrected chi connectivity index (χ1v) is 11.5. The number of carbonyl (C=O) groups is 1. The van der Waals surface area contributed by atoms with Crippen LogP contribution in [0, 0.1) is 11.7 Å². The number of pyridine rings is 1. The molecule has 182 valence electrons. The lowest BCUT2D eigenvalue weighted by Crippen LogP contribution is -2.07. The first-order valence-electron chi connectivity index (χ1n) is 11.5. The fraction of sp³-hybridized carbons (Fsp3) is 0.286. The molecule has 1 fully saturated rings. The van der Waals surface area contributed by atoms with Gasteiger partial charge in [0.15, 0.2) is 0 Å². The molecule has 2 aromatic carbocycles. The van der Waals surface area contributed by atoms with Gasteiger partial charge in [0, 0.05) is 23.6 Å². The molecule has 3 N–H and O–H groups in total. The minimum absolute atomic E-state index is 0.190. The highest BCUT2D eigenvalue weighted by Gasteiger charge is 2.30. The molecule has 1 atom stereocenters. The summed E-state index contributed by atoms with van der Waals surface area (Å²) in [6, 6.07) is 13.9. The molecule has 35 heavy (non-hydrogen) atoms. The molecule has 0 amide bonds. The van der Waals surface area contributed by atoms with Crippen LogP contribution in [0.25, 0.3) is 16.7 Å². The van der Waals surface area contributed by atoms with Crippen molar-refractivity contribution in [2.75, 3.05) is 7.11 Å². The molecule has 1 heterocycles. The number of hydrogen-bond acceptors (Lipinski definition) is 5. The molecule has 4 rings (SSSR count). The number of halogens is 1. The number of aromatic nitrogens is 1. The molecule has 6 nitrogen and oxygen atoms in total. The normalized spacial score (nSPS) is 14.9. The smallest absolute Gasteiger partial charge is 0.331 e. The van der Waals surface area contributed by atoms with Gasteiger partial charge in [0.05, 0.1) is 26.0 Å². The lowest BCUT2D eigenvalue weighted by molar-refractivity contribution is -0.132.